The molecule has 1 aromatic rings. The van der Waals surface area contributed by atoms with Gasteiger partial charge in [0.2, 0.25) is 0 Å². The van der Waals surface area contributed by atoms with Gasteiger partial charge in [-0.15, -0.1) is 0 Å². The first kappa shape index (κ1) is 9.44. The summed E-state index contributed by atoms with van der Waals surface area (Å²) in [6.07, 6.45) is 0. The summed E-state index contributed by atoms with van der Waals surface area (Å²) < 4.78 is 25.8. The standard InChI is InChI=1S/C8H7F2NO2/c1-11-7-3-5(9)4(8(12)13)2-6(7)10/h2-3,11H,1H3,(H,12,13). The predicted octanol–water partition coefficient (Wildman–Crippen LogP) is 1.70. The summed E-state index contributed by atoms with van der Waals surface area (Å²) in [5, 5.41) is 10.8. The molecule has 0 radical (unpaired) electrons. The lowest BCUT2D eigenvalue weighted by atomic mass is 10.2. The molecule has 0 aliphatic rings. The first-order valence-electron chi connectivity index (χ1n) is 3.46. The molecule has 0 spiro atoms. The normalized spacial score (nSPS) is 9.77. The number of anilines is 1. The van der Waals surface area contributed by atoms with E-state index >= 15 is 0 Å². The SMILES string of the molecule is CNc1cc(F)c(C(=O)O)cc1F. The highest BCUT2D eigenvalue weighted by molar-refractivity contribution is 5.88. The first-order chi connectivity index (χ1) is 6.06. The number of halogens is 2. The molecule has 1 rings (SSSR count). The highest BCUT2D eigenvalue weighted by atomic mass is 19.1. The molecule has 0 aliphatic carbocycles. The minimum Gasteiger partial charge on any atom is -0.478 e. The Bertz CT molecular complexity index is 352. The van der Waals surface area contributed by atoms with Crippen molar-refractivity contribution in [2.24, 2.45) is 0 Å². The molecule has 0 heterocycles. The molecule has 2 N–H and O–H groups in total. The average molecular weight is 187 g/mol. The highest BCUT2D eigenvalue weighted by Gasteiger charge is 2.13. The number of benzene rings is 1. The van der Waals surface area contributed by atoms with Crippen LogP contribution < -0.4 is 5.32 Å². The molecule has 0 saturated heterocycles. The monoisotopic (exact) mass is 187 g/mol. The summed E-state index contributed by atoms with van der Waals surface area (Å²) in [4.78, 5) is 10.3. The Morgan fingerprint density at radius 1 is 1.38 bits per heavy atom. The van der Waals surface area contributed by atoms with Crippen LogP contribution >= 0.6 is 0 Å². The third-order valence-electron chi connectivity index (χ3n) is 1.56. The fraction of sp³-hybridized carbons (Fsp3) is 0.125. The summed E-state index contributed by atoms with van der Waals surface area (Å²) in [6, 6.07) is 1.45. The largest absolute Gasteiger partial charge is 0.478 e. The maximum Gasteiger partial charge on any atom is 0.338 e. The number of carboxylic acids is 1. The van der Waals surface area contributed by atoms with Crippen molar-refractivity contribution in [3.8, 4) is 0 Å². The predicted molar refractivity (Wildman–Crippen MR) is 42.9 cm³/mol. The number of carbonyl (C=O) groups is 1. The Hall–Kier alpha value is -1.65. The van der Waals surface area contributed by atoms with E-state index in [1.54, 1.807) is 0 Å². The van der Waals surface area contributed by atoms with E-state index in [4.69, 9.17) is 5.11 Å². The topological polar surface area (TPSA) is 49.3 Å². The van der Waals surface area contributed by atoms with E-state index in [0.29, 0.717) is 6.07 Å². The highest BCUT2D eigenvalue weighted by Crippen LogP contribution is 2.18. The summed E-state index contributed by atoms with van der Waals surface area (Å²) >= 11 is 0. The second-order valence-electron chi connectivity index (χ2n) is 2.37. The Balaban J connectivity index is 3.28. The van der Waals surface area contributed by atoms with E-state index in [0.717, 1.165) is 6.07 Å². The van der Waals surface area contributed by atoms with Crippen LogP contribution in [0.25, 0.3) is 0 Å². The molecule has 0 saturated carbocycles. The van der Waals surface area contributed by atoms with Crippen LogP contribution in [0.4, 0.5) is 14.5 Å². The van der Waals surface area contributed by atoms with Gasteiger partial charge >= 0.3 is 5.97 Å². The number of aromatic carboxylic acids is 1. The summed E-state index contributed by atoms with van der Waals surface area (Å²) in [6.45, 7) is 0. The van der Waals surface area contributed by atoms with Crippen LogP contribution in [0.5, 0.6) is 0 Å². The van der Waals surface area contributed by atoms with Gasteiger partial charge in [-0.05, 0) is 6.07 Å². The Morgan fingerprint density at radius 3 is 2.46 bits per heavy atom. The quantitative estimate of drug-likeness (QED) is 0.740. The van der Waals surface area contributed by atoms with Crippen molar-refractivity contribution in [3.05, 3.63) is 29.3 Å². The Morgan fingerprint density at radius 2 is 2.00 bits per heavy atom. The van der Waals surface area contributed by atoms with E-state index < -0.39 is 23.2 Å². The van der Waals surface area contributed by atoms with Crippen molar-refractivity contribution in [2.75, 3.05) is 12.4 Å². The van der Waals surface area contributed by atoms with Gasteiger partial charge in [0.15, 0.2) is 0 Å². The molecule has 13 heavy (non-hydrogen) atoms. The second-order valence-corrected chi connectivity index (χ2v) is 2.37. The van der Waals surface area contributed by atoms with Gasteiger partial charge in [-0.25, -0.2) is 13.6 Å². The number of nitrogens with one attached hydrogen (secondary N) is 1. The zero-order chi connectivity index (χ0) is 10.0. The molecule has 3 nitrogen and oxygen atoms in total. The molecular formula is C8H7F2NO2. The molecule has 1 aromatic carbocycles. The summed E-state index contributed by atoms with van der Waals surface area (Å²) in [7, 11) is 1.41. The van der Waals surface area contributed by atoms with Crippen molar-refractivity contribution < 1.29 is 18.7 Å². The van der Waals surface area contributed by atoms with Gasteiger partial charge in [-0.3, -0.25) is 0 Å². The molecule has 0 aromatic heterocycles. The smallest absolute Gasteiger partial charge is 0.338 e. The molecule has 0 unspecified atom stereocenters. The molecule has 0 aliphatic heterocycles. The van der Waals surface area contributed by atoms with E-state index in [1.807, 2.05) is 0 Å². The van der Waals surface area contributed by atoms with Gasteiger partial charge in [0.05, 0.1) is 11.3 Å². The molecule has 5 heteroatoms. The van der Waals surface area contributed by atoms with Gasteiger partial charge in [0.1, 0.15) is 11.6 Å². The fourth-order valence-corrected chi connectivity index (χ4v) is 0.902. The van der Waals surface area contributed by atoms with E-state index in [-0.39, 0.29) is 5.69 Å². The van der Waals surface area contributed by atoms with Crippen LogP contribution in [0.15, 0.2) is 12.1 Å². The van der Waals surface area contributed by atoms with Gasteiger partial charge in [0, 0.05) is 13.1 Å². The van der Waals surface area contributed by atoms with Gasteiger partial charge < -0.3 is 10.4 Å². The Labute approximate surface area is 73.0 Å². The molecule has 70 valence electrons. The van der Waals surface area contributed by atoms with Crippen LogP contribution in [0.1, 0.15) is 10.4 Å². The minimum atomic E-state index is -1.49. The lowest BCUT2D eigenvalue weighted by Gasteiger charge is -2.03. The number of carboxylic acid groups (broad SMARTS) is 1. The maximum atomic E-state index is 12.9. The minimum absolute atomic E-state index is 0.0671. The number of hydrogen-bond donors (Lipinski definition) is 2. The van der Waals surface area contributed by atoms with Crippen molar-refractivity contribution in [1.29, 1.82) is 0 Å². The van der Waals surface area contributed by atoms with Crippen LogP contribution in [0.2, 0.25) is 0 Å². The van der Waals surface area contributed by atoms with Gasteiger partial charge in [-0.2, -0.15) is 0 Å². The number of rotatable bonds is 2. The molecule has 0 bridgehead atoms. The van der Waals surface area contributed by atoms with Gasteiger partial charge in [-0.1, -0.05) is 0 Å². The second kappa shape index (κ2) is 3.38. The lowest BCUT2D eigenvalue weighted by Crippen LogP contribution is -2.03. The molecular weight excluding hydrogens is 180 g/mol. The number of hydrogen-bond acceptors (Lipinski definition) is 2. The zero-order valence-corrected chi connectivity index (χ0v) is 6.77. The third-order valence-corrected chi connectivity index (χ3v) is 1.56. The van der Waals surface area contributed by atoms with Crippen molar-refractivity contribution in [2.45, 2.75) is 0 Å². The van der Waals surface area contributed by atoms with Crippen LogP contribution in [-0.4, -0.2) is 18.1 Å². The molecule has 0 fully saturated rings. The maximum absolute atomic E-state index is 12.9. The van der Waals surface area contributed by atoms with Crippen molar-refractivity contribution >= 4 is 11.7 Å². The van der Waals surface area contributed by atoms with Crippen molar-refractivity contribution in [1.82, 2.24) is 0 Å². The van der Waals surface area contributed by atoms with Crippen LogP contribution in [0.3, 0.4) is 0 Å². The molecule has 0 amide bonds. The van der Waals surface area contributed by atoms with Crippen LogP contribution in [-0.2, 0) is 0 Å². The first-order valence-corrected chi connectivity index (χ1v) is 3.46. The van der Waals surface area contributed by atoms with Crippen molar-refractivity contribution in [3.63, 3.8) is 0 Å². The molecule has 0 atom stereocenters. The van der Waals surface area contributed by atoms with E-state index in [2.05, 4.69) is 5.32 Å². The summed E-state index contributed by atoms with van der Waals surface area (Å²) in [5.74, 6) is -3.24. The van der Waals surface area contributed by atoms with Crippen LogP contribution in [0, 0.1) is 11.6 Å². The van der Waals surface area contributed by atoms with Gasteiger partial charge in [0.25, 0.3) is 0 Å². The Kier molecular flexibility index (Phi) is 2.46. The summed E-state index contributed by atoms with van der Waals surface area (Å²) in [5.41, 5.74) is -0.737. The average Bonchev–Trinajstić information content (AvgIpc) is 2.07. The van der Waals surface area contributed by atoms with E-state index in [9.17, 15) is 13.6 Å². The fourth-order valence-electron chi connectivity index (χ4n) is 0.902. The van der Waals surface area contributed by atoms with E-state index in [1.165, 1.54) is 7.05 Å². The third kappa shape index (κ3) is 1.74. The lowest BCUT2D eigenvalue weighted by molar-refractivity contribution is 0.0691. The zero-order valence-electron chi connectivity index (χ0n) is 6.77.